The highest BCUT2D eigenvalue weighted by Gasteiger charge is 2.06. The summed E-state index contributed by atoms with van der Waals surface area (Å²) in [7, 11) is 0. The molecule has 0 aromatic carbocycles. The van der Waals surface area contributed by atoms with Gasteiger partial charge in [-0.3, -0.25) is 0 Å². The number of rotatable bonds is 10. The molecule has 1 N–H and O–H groups in total. The zero-order valence-corrected chi connectivity index (χ0v) is 10.8. The minimum Gasteiger partial charge on any atom is -0.393 e. The highest BCUT2D eigenvalue weighted by atomic mass is 16.3. The SMILES string of the molecule is CCCCCCC(O)CCN(CC)CC. The van der Waals surface area contributed by atoms with Crippen molar-refractivity contribution >= 4 is 0 Å². The zero-order chi connectivity index (χ0) is 11.5. The first-order valence-electron chi connectivity index (χ1n) is 6.64. The lowest BCUT2D eigenvalue weighted by Crippen LogP contribution is -2.26. The average Bonchev–Trinajstić information content (AvgIpc) is 2.26. The smallest absolute Gasteiger partial charge is 0.0552 e. The van der Waals surface area contributed by atoms with Crippen molar-refractivity contribution in [3.05, 3.63) is 0 Å². The molecule has 2 nitrogen and oxygen atoms in total. The minimum absolute atomic E-state index is 0.0811. The molecule has 1 unspecified atom stereocenters. The Bertz CT molecular complexity index is 124. The van der Waals surface area contributed by atoms with Gasteiger partial charge in [0.1, 0.15) is 0 Å². The molecule has 0 saturated carbocycles. The lowest BCUT2D eigenvalue weighted by molar-refractivity contribution is 0.132. The van der Waals surface area contributed by atoms with Crippen molar-refractivity contribution in [3.8, 4) is 0 Å². The summed E-state index contributed by atoms with van der Waals surface area (Å²) in [6, 6.07) is 0. The predicted octanol–water partition coefficient (Wildman–Crippen LogP) is 3.05. The van der Waals surface area contributed by atoms with Crippen LogP contribution in [0.4, 0.5) is 0 Å². The van der Waals surface area contributed by atoms with Crippen LogP contribution in [0.2, 0.25) is 0 Å². The fourth-order valence-corrected chi connectivity index (χ4v) is 1.82. The van der Waals surface area contributed by atoms with Crippen molar-refractivity contribution in [2.75, 3.05) is 19.6 Å². The van der Waals surface area contributed by atoms with Crippen molar-refractivity contribution in [2.24, 2.45) is 0 Å². The van der Waals surface area contributed by atoms with Crippen molar-refractivity contribution < 1.29 is 5.11 Å². The molecule has 0 aliphatic rings. The van der Waals surface area contributed by atoms with E-state index in [1.54, 1.807) is 0 Å². The lowest BCUT2D eigenvalue weighted by atomic mass is 10.1. The first-order valence-corrected chi connectivity index (χ1v) is 6.64. The highest BCUT2D eigenvalue weighted by Crippen LogP contribution is 2.08. The van der Waals surface area contributed by atoms with Crippen LogP contribution in [0.15, 0.2) is 0 Å². The summed E-state index contributed by atoms with van der Waals surface area (Å²) in [5, 5.41) is 9.76. The molecule has 0 aromatic rings. The number of aliphatic hydroxyl groups excluding tert-OH is 1. The van der Waals surface area contributed by atoms with Gasteiger partial charge < -0.3 is 10.0 Å². The van der Waals surface area contributed by atoms with Gasteiger partial charge >= 0.3 is 0 Å². The van der Waals surface area contributed by atoms with Gasteiger partial charge in [0.25, 0.3) is 0 Å². The van der Waals surface area contributed by atoms with Crippen LogP contribution in [-0.2, 0) is 0 Å². The molecule has 15 heavy (non-hydrogen) atoms. The Kier molecular flexibility index (Phi) is 10.4. The number of hydrogen-bond acceptors (Lipinski definition) is 2. The van der Waals surface area contributed by atoms with Gasteiger partial charge in [0, 0.05) is 6.54 Å². The molecule has 0 fully saturated rings. The van der Waals surface area contributed by atoms with E-state index in [1.807, 2.05) is 0 Å². The van der Waals surface area contributed by atoms with Gasteiger partial charge in [0.2, 0.25) is 0 Å². The molecule has 0 saturated heterocycles. The molecule has 0 rings (SSSR count). The van der Waals surface area contributed by atoms with E-state index in [4.69, 9.17) is 0 Å². The Morgan fingerprint density at radius 2 is 1.60 bits per heavy atom. The third-order valence-corrected chi connectivity index (χ3v) is 3.06. The molecule has 0 spiro atoms. The Labute approximate surface area is 95.7 Å². The molecule has 0 amide bonds. The van der Waals surface area contributed by atoms with Gasteiger partial charge in [0.15, 0.2) is 0 Å². The molecule has 1 atom stereocenters. The predicted molar refractivity (Wildman–Crippen MR) is 67.2 cm³/mol. The number of unbranched alkanes of at least 4 members (excludes halogenated alkanes) is 3. The molecule has 0 aromatic heterocycles. The van der Waals surface area contributed by atoms with Crippen molar-refractivity contribution in [3.63, 3.8) is 0 Å². The van der Waals surface area contributed by atoms with Gasteiger partial charge in [-0.05, 0) is 25.9 Å². The number of aliphatic hydroxyl groups is 1. The summed E-state index contributed by atoms with van der Waals surface area (Å²) < 4.78 is 0. The molecule has 92 valence electrons. The monoisotopic (exact) mass is 215 g/mol. The quantitative estimate of drug-likeness (QED) is 0.566. The highest BCUT2D eigenvalue weighted by molar-refractivity contribution is 4.60. The second-order valence-electron chi connectivity index (χ2n) is 4.32. The van der Waals surface area contributed by atoms with Crippen LogP contribution in [0, 0.1) is 0 Å². The van der Waals surface area contributed by atoms with Crippen LogP contribution in [0.1, 0.15) is 59.3 Å². The number of hydrogen-bond donors (Lipinski definition) is 1. The molecule has 0 aliphatic carbocycles. The van der Waals surface area contributed by atoms with E-state index in [0.717, 1.165) is 32.5 Å². The second-order valence-corrected chi connectivity index (χ2v) is 4.32. The fraction of sp³-hybridized carbons (Fsp3) is 1.00. The summed E-state index contributed by atoms with van der Waals surface area (Å²) in [6.07, 6.45) is 6.89. The summed E-state index contributed by atoms with van der Waals surface area (Å²) in [5.74, 6) is 0. The summed E-state index contributed by atoms with van der Waals surface area (Å²) >= 11 is 0. The first kappa shape index (κ1) is 14.9. The van der Waals surface area contributed by atoms with Crippen molar-refractivity contribution in [1.82, 2.24) is 4.90 Å². The molecule has 0 bridgehead atoms. The molecule has 0 heterocycles. The maximum Gasteiger partial charge on any atom is 0.0552 e. The standard InChI is InChI=1S/C13H29NO/c1-4-7-8-9-10-13(15)11-12-14(5-2)6-3/h13,15H,4-12H2,1-3H3. The van der Waals surface area contributed by atoms with E-state index in [2.05, 4.69) is 25.7 Å². The maximum absolute atomic E-state index is 9.76. The number of nitrogens with zero attached hydrogens (tertiary/aromatic N) is 1. The molecular formula is C13H29NO. The van der Waals surface area contributed by atoms with Crippen molar-refractivity contribution in [2.45, 2.75) is 65.4 Å². The molecule has 0 radical (unpaired) electrons. The van der Waals surface area contributed by atoms with E-state index in [1.165, 1.54) is 25.7 Å². The van der Waals surface area contributed by atoms with Gasteiger partial charge in [-0.15, -0.1) is 0 Å². The summed E-state index contributed by atoms with van der Waals surface area (Å²) in [5.41, 5.74) is 0. The van der Waals surface area contributed by atoms with Crippen LogP contribution in [0.25, 0.3) is 0 Å². The molecular weight excluding hydrogens is 186 g/mol. The Morgan fingerprint density at radius 1 is 0.933 bits per heavy atom. The van der Waals surface area contributed by atoms with Gasteiger partial charge in [0.05, 0.1) is 6.10 Å². The zero-order valence-electron chi connectivity index (χ0n) is 10.8. The largest absolute Gasteiger partial charge is 0.393 e. The molecule has 0 aliphatic heterocycles. The van der Waals surface area contributed by atoms with Gasteiger partial charge in [-0.25, -0.2) is 0 Å². The van der Waals surface area contributed by atoms with E-state index in [0.29, 0.717) is 0 Å². The van der Waals surface area contributed by atoms with Crippen LogP contribution < -0.4 is 0 Å². The van der Waals surface area contributed by atoms with E-state index < -0.39 is 0 Å². The topological polar surface area (TPSA) is 23.5 Å². The van der Waals surface area contributed by atoms with Gasteiger partial charge in [-0.1, -0.05) is 46.5 Å². The third kappa shape index (κ3) is 8.88. The molecule has 2 heteroatoms. The summed E-state index contributed by atoms with van der Waals surface area (Å²) in [4.78, 5) is 2.37. The fourth-order valence-electron chi connectivity index (χ4n) is 1.82. The van der Waals surface area contributed by atoms with Crippen LogP contribution >= 0.6 is 0 Å². The first-order chi connectivity index (χ1) is 7.24. The third-order valence-electron chi connectivity index (χ3n) is 3.06. The van der Waals surface area contributed by atoms with Gasteiger partial charge in [-0.2, -0.15) is 0 Å². The van der Waals surface area contributed by atoms with E-state index in [9.17, 15) is 5.11 Å². The normalized spacial score (nSPS) is 13.4. The minimum atomic E-state index is -0.0811. The van der Waals surface area contributed by atoms with Crippen LogP contribution in [-0.4, -0.2) is 35.7 Å². The Hall–Kier alpha value is -0.0800. The van der Waals surface area contributed by atoms with Crippen molar-refractivity contribution in [1.29, 1.82) is 0 Å². The average molecular weight is 215 g/mol. The van der Waals surface area contributed by atoms with Crippen LogP contribution in [0.3, 0.4) is 0 Å². The van der Waals surface area contributed by atoms with E-state index in [-0.39, 0.29) is 6.10 Å². The Balaban J connectivity index is 3.35. The van der Waals surface area contributed by atoms with E-state index >= 15 is 0 Å². The van der Waals surface area contributed by atoms with Crippen LogP contribution in [0.5, 0.6) is 0 Å². The maximum atomic E-state index is 9.76. The summed E-state index contributed by atoms with van der Waals surface area (Å²) in [6.45, 7) is 9.81. The Morgan fingerprint density at radius 3 is 2.13 bits per heavy atom. The second kappa shape index (κ2) is 10.4. The lowest BCUT2D eigenvalue weighted by Gasteiger charge is -2.19.